The first-order chi connectivity index (χ1) is 6.65. The number of nitrogens with one attached hydrogen (secondary N) is 1. The molecule has 0 spiro atoms. The van der Waals surface area contributed by atoms with E-state index in [0.717, 1.165) is 11.4 Å². The van der Waals surface area contributed by atoms with Crippen molar-refractivity contribution in [2.45, 2.75) is 26.8 Å². The largest absolute Gasteiger partial charge is 0.366 e. The van der Waals surface area contributed by atoms with E-state index in [-0.39, 0.29) is 6.04 Å². The van der Waals surface area contributed by atoms with Gasteiger partial charge in [-0.2, -0.15) is 0 Å². The molecule has 0 amide bonds. The van der Waals surface area contributed by atoms with Crippen LogP contribution < -0.4 is 5.32 Å². The second kappa shape index (κ2) is 5.20. The fraction of sp³-hybridized carbons (Fsp3) is 0.545. The molecule has 0 aliphatic heterocycles. The van der Waals surface area contributed by atoms with Gasteiger partial charge in [-0.3, -0.25) is 0 Å². The number of rotatable bonds is 4. The average molecular weight is 213 g/mol. The molecule has 1 N–H and O–H groups in total. The molecule has 0 aliphatic rings. The van der Waals surface area contributed by atoms with Crippen LogP contribution in [0.1, 0.15) is 19.4 Å². The molecule has 1 aromatic heterocycles. The fourth-order valence-electron chi connectivity index (χ4n) is 1.20. The first-order valence-corrected chi connectivity index (χ1v) is 5.42. The second-order valence-electron chi connectivity index (χ2n) is 3.82. The van der Waals surface area contributed by atoms with Crippen LogP contribution in [0.25, 0.3) is 0 Å². The lowest BCUT2D eigenvalue weighted by Crippen LogP contribution is -2.28. The zero-order valence-corrected chi connectivity index (χ0v) is 9.67. The minimum Gasteiger partial charge on any atom is -0.366 e. The second-order valence-corrected chi connectivity index (χ2v) is 4.13. The van der Waals surface area contributed by atoms with Crippen LogP contribution in [0.2, 0.25) is 0 Å². The van der Waals surface area contributed by atoms with Crippen molar-refractivity contribution in [2.75, 3.05) is 11.2 Å². The Bertz CT molecular complexity index is 286. The molecule has 1 aromatic rings. The van der Waals surface area contributed by atoms with Crippen LogP contribution >= 0.6 is 11.6 Å². The SMILES string of the molecule is Cc1cccnc1NC(CCl)C(C)C. The van der Waals surface area contributed by atoms with Gasteiger partial charge in [0.2, 0.25) is 0 Å². The van der Waals surface area contributed by atoms with Crippen LogP contribution in [-0.2, 0) is 0 Å². The highest BCUT2D eigenvalue weighted by molar-refractivity contribution is 6.18. The van der Waals surface area contributed by atoms with Crippen LogP contribution in [0.4, 0.5) is 5.82 Å². The number of hydrogen-bond donors (Lipinski definition) is 1. The van der Waals surface area contributed by atoms with Gasteiger partial charge in [-0.1, -0.05) is 19.9 Å². The third-order valence-electron chi connectivity index (χ3n) is 2.30. The molecule has 0 radical (unpaired) electrons. The number of pyridine rings is 1. The van der Waals surface area contributed by atoms with Crippen molar-refractivity contribution in [3.8, 4) is 0 Å². The van der Waals surface area contributed by atoms with E-state index in [9.17, 15) is 0 Å². The van der Waals surface area contributed by atoms with Crippen LogP contribution in [0.5, 0.6) is 0 Å². The van der Waals surface area contributed by atoms with Crippen molar-refractivity contribution in [1.82, 2.24) is 4.98 Å². The summed E-state index contributed by atoms with van der Waals surface area (Å²) in [7, 11) is 0. The van der Waals surface area contributed by atoms with E-state index in [1.54, 1.807) is 6.20 Å². The van der Waals surface area contributed by atoms with E-state index in [1.165, 1.54) is 0 Å². The van der Waals surface area contributed by atoms with E-state index >= 15 is 0 Å². The Kier molecular flexibility index (Phi) is 4.21. The van der Waals surface area contributed by atoms with Crippen molar-refractivity contribution in [3.05, 3.63) is 23.9 Å². The molecule has 0 aromatic carbocycles. The smallest absolute Gasteiger partial charge is 0.129 e. The molecule has 78 valence electrons. The third kappa shape index (κ3) is 2.88. The summed E-state index contributed by atoms with van der Waals surface area (Å²) in [5, 5.41) is 3.35. The van der Waals surface area contributed by atoms with Gasteiger partial charge in [-0.15, -0.1) is 11.6 Å². The van der Waals surface area contributed by atoms with E-state index in [0.29, 0.717) is 11.8 Å². The fourth-order valence-corrected chi connectivity index (χ4v) is 1.63. The van der Waals surface area contributed by atoms with Gasteiger partial charge >= 0.3 is 0 Å². The normalized spacial score (nSPS) is 12.9. The number of halogens is 1. The van der Waals surface area contributed by atoms with Crippen LogP contribution in [0, 0.1) is 12.8 Å². The van der Waals surface area contributed by atoms with Crippen LogP contribution in [0.3, 0.4) is 0 Å². The molecule has 1 unspecified atom stereocenters. The number of aryl methyl sites for hydroxylation is 1. The minimum absolute atomic E-state index is 0.283. The van der Waals surface area contributed by atoms with Crippen LogP contribution in [0.15, 0.2) is 18.3 Å². The van der Waals surface area contributed by atoms with Gasteiger partial charge in [0.1, 0.15) is 5.82 Å². The quantitative estimate of drug-likeness (QED) is 0.776. The predicted molar refractivity (Wildman–Crippen MR) is 61.9 cm³/mol. The Morgan fingerprint density at radius 2 is 2.21 bits per heavy atom. The number of aromatic nitrogens is 1. The maximum Gasteiger partial charge on any atom is 0.129 e. The molecular formula is C11H17ClN2. The average Bonchev–Trinajstić information content (AvgIpc) is 2.16. The van der Waals surface area contributed by atoms with Gasteiger partial charge in [0.15, 0.2) is 0 Å². The number of hydrogen-bond acceptors (Lipinski definition) is 2. The van der Waals surface area contributed by atoms with E-state index in [4.69, 9.17) is 11.6 Å². The molecule has 0 bridgehead atoms. The van der Waals surface area contributed by atoms with Gasteiger partial charge in [-0.25, -0.2) is 4.98 Å². The van der Waals surface area contributed by atoms with Crippen molar-refractivity contribution in [1.29, 1.82) is 0 Å². The Labute approximate surface area is 90.7 Å². The lowest BCUT2D eigenvalue weighted by atomic mass is 10.1. The van der Waals surface area contributed by atoms with Crippen molar-refractivity contribution < 1.29 is 0 Å². The summed E-state index contributed by atoms with van der Waals surface area (Å²) in [6.07, 6.45) is 1.79. The lowest BCUT2D eigenvalue weighted by molar-refractivity contribution is 0.562. The van der Waals surface area contributed by atoms with Gasteiger partial charge in [0.05, 0.1) is 0 Å². The third-order valence-corrected chi connectivity index (χ3v) is 2.64. The molecule has 14 heavy (non-hydrogen) atoms. The van der Waals surface area contributed by atoms with E-state index in [2.05, 4.69) is 24.1 Å². The molecule has 1 rings (SSSR count). The Morgan fingerprint density at radius 3 is 2.71 bits per heavy atom. The Balaban J connectivity index is 2.72. The number of anilines is 1. The van der Waals surface area contributed by atoms with E-state index in [1.807, 2.05) is 19.1 Å². The summed E-state index contributed by atoms with van der Waals surface area (Å²) in [4.78, 5) is 4.28. The Hall–Kier alpha value is -0.760. The molecule has 0 saturated heterocycles. The monoisotopic (exact) mass is 212 g/mol. The summed E-state index contributed by atoms with van der Waals surface area (Å²) in [5.74, 6) is 2.05. The molecule has 2 nitrogen and oxygen atoms in total. The first kappa shape index (κ1) is 11.3. The van der Waals surface area contributed by atoms with Crippen LogP contribution in [-0.4, -0.2) is 16.9 Å². The zero-order chi connectivity index (χ0) is 10.6. The molecule has 1 heterocycles. The molecule has 3 heteroatoms. The summed E-state index contributed by atoms with van der Waals surface area (Å²) in [6, 6.07) is 4.26. The van der Waals surface area contributed by atoms with Crippen molar-refractivity contribution in [3.63, 3.8) is 0 Å². The first-order valence-electron chi connectivity index (χ1n) is 4.89. The summed E-state index contributed by atoms with van der Waals surface area (Å²) in [5.41, 5.74) is 1.16. The van der Waals surface area contributed by atoms with Crippen molar-refractivity contribution >= 4 is 17.4 Å². The lowest BCUT2D eigenvalue weighted by Gasteiger charge is -2.21. The molecule has 0 fully saturated rings. The maximum atomic E-state index is 5.87. The summed E-state index contributed by atoms with van der Waals surface area (Å²) < 4.78 is 0. The van der Waals surface area contributed by atoms with Gasteiger partial charge in [0, 0.05) is 18.1 Å². The molecule has 0 aliphatic carbocycles. The van der Waals surface area contributed by atoms with E-state index < -0.39 is 0 Å². The highest BCUT2D eigenvalue weighted by Gasteiger charge is 2.12. The predicted octanol–water partition coefficient (Wildman–Crippen LogP) is 3.07. The van der Waals surface area contributed by atoms with Gasteiger partial charge in [-0.05, 0) is 24.5 Å². The molecule has 1 atom stereocenters. The number of alkyl halides is 1. The molecule has 0 saturated carbocycles. The summed E-state index contributed by atoms with van der Waals surface area (Å²) >= 11 is 5.87. The minimum atomic E-state index is 0.283. The Morgan fingerprint density at radius 1 is 1.50 bits per heavy atom. The number of nitrogens with zero attached hydrogens (tertiary/aromatic N) is 1. The van der Waals surface area contributed by atoms with Gasteiger partial charge in [0.25, 0.3) is 0 Å². The van der Waals surface area contributed by atoms with Crippen molar-refractivity contribution in [2.24, 2.45) is 5.92 Å². The molecular weight excluding hydrogens is 196 g/mol. The highest BCUT2D eigenvalue weighted by Crippen LogP contribution is 2.14. The zero-order valence-electron chi connectivity index (χ0n) is 8.92. The summed E-state index contributed by atoms with van der Waals surface area (Å²) in [6.45, 7) is 6.34. The standard InChI is InChI=1S/C11H17ClN2/c1-8(2)10(7-12)14-11-9(3)5-4-6-13-11/h4-6,8,10H,7H2,1-3H3,(H,13,14). The topological polar surface area (TPSA) is 24.9 Å². The van der Waals surface area contributed by atoms with Gasteiger partial charge < -0.3 is 5.32 Å². The maximum absolute atomic E-state index is 5.87. The highest BCUT2D eigenvalue weighted by atomic mass is 35.5.